The van der Waals surface area contributed by atoms with Gasteiger partial charge in [0.2, 0.25) is 0 Å². The molecule has 0 radical (unpaired) electrons. The summed E-state index contributed by atoms with van der Waals surface area (Å²) in [5.41, 5.74) is 9.97. The third-order valence-corrected chi connectivity index (χ3v) is 6.75. The smallest absolute Gasteiger partial charge is 0.165 e. The number of aromatic nitrogens is 2. The zero-order valence-electron chi connectivity index (χ0n) is 16.9. The van der Waals surface area contributed by atoms with Crippen molar-refractivity contribution in [3.05, 3.63) is 65.3 Å². The Labute approximate surface area is 171 Å². The lowest BCUT2D eigenvalue weighted by molar-refractivity contribution is -0.114. The van der Waals surface area contributed by atoms with Crippen LogP contribution in [0.3, 0.4) is 0 Å². The van der Waals surface area contributed by atoms with E-state index in [1.54, 1.807) is 0 Å². The van der Waals surface area contributed by atoms with Crippen LogP contribution in [0.5, 0.6) is 0 Å². The van der Waals surface area contributed by atoms with Crippen LogP contribution in [-0.2, 0) is 4.79 Å². The number of Topliss-reactive ketones (excluding diaryl/α,β-unsaturated/α-hetero) is 1. The molecule has 1 aromatic heterocycles. The molecule has 6 nitrogen and oxygen atoms in total. The van der Waals surface area contributed by atoms with Crippen molar-refractivity contribution in [2.45, 2.75) is 51.0 Å². The molecule has 29 heavy (non-hydrogen) atoms. The van der Waals surface area contributed by atoms with Crippen LogP contribution in [0.4, 0.5) is 0 Å². The highest BCUT2D eigenvalue weighted by Crippen LogP contribution is 2.59. The lowest BCUT2D eigenvalue weighted by Crippen LogP contribution is -2.32. The number of H-pyrrole nitrogens is 1. The van der Waals surface area contributed by atoms with Gasteiger partial charge in [0.05, 0.1) is 22.8 Å². The first-order valence-electron chi connectivity index (χ1n) is 10.3. The lowest BCUT2D eigenvalue weighted by atomic mass is 9.70. The Hall–Kier alpha value is -2.89. The molecule has 0 aliphatic heterocycles. The zero-order valence-corrected chi connectivity index (χ0v) is 16.9. The maximum absolute atomic E-state index is 12.9. The minimum absolute atomic E-state index is 0.131. The normalized spacial score (nSPS) is 31.5. The lowest BCUT2D eigenvalue weighted by Gasteiger charge is -2.34. The number of nitrogens with one attached hydrogen (secondary N) is 3. The molecule has 4 atom stereocenters. The molecule has 3 aliphatic rings. The van der Waals surface area contributed by atoms with Crippen LogP contribution in [0.25, 0.3) is 0 Å². The Morgan fingerprint density at radius 1 is 1.48 bits per heavy atom. The van der Waals surface area contributed by atoms with Crippen LogP contribution in [0.2, 0.25) is 0 Å². The quantitative estimate of drug-likeness (QED) is 0.557. The Balaban J connectivity index is 1.50. The van der Waals surface area contributed by atoms with Crippen LogP contribution in [0, 0.1) is 23.7 Å². The fourth-order valence-electron chi connectivity index (χ4n) is 5.09. The van der Waals surface area contributed by atoms with E-state index in [9.17, 15) is 4.79 Å². The summed E-state index contributed by atoms with van der Waals surface area (Å²) in [6, 6.07) is 1.82. The van der Waals surface area contributed by atoms with Crippen LogP contribution in [0.15, 0.2) is 53.9 Å². The van der Waals surface area contributed by atoms with Gasteiger partial charge in [0, 0.05) is 24.0 Å². The molecule has 0 bridgehead atoms. The molecular formula is C23H29N5O. The maximum atomic E-state index is 12.9. The van der Waals surface area contributed by atoms with E-state index in [0.717, 1.165) is 60.9 Å². The Bertz CT molecular complexity index is 937. The van der Waals surface area contributed by atoms with Gasteiger partial charge in [-0.05, 0) is 49.3 Å². The van der Waals surface area contributed by atoms with Crippen LogP contribution >= 0.6 is 0 Å². The van der Waals surface area contributed by atoms with E-state index >= 15 is 0 Å². The number of hydrogen-bond donors (Lipinski definition) is 4. The fraction of sp³-hybridized carbons (Fsp3) is 0.435. The van der Waals surface area contributed by atoms with Crippen LogP contribution < -0.4 is 11.1 Å². The monoisotopic (exact) mass is 391 g/mol. The van der Waals surface area contributed by atoms with E-state index in [1.807, 2.05) is 6.92 Å². The fourth-order valence-corrected chi connectivity index (χ4v) is 5.09. The molecule has 4 rings (SSSR count). The predicted octanol–water partition coefficient (Wildman–Crippen LogP) is 3.41. The second kappa shape index (κ2) is 7.50. The van der Waals surface area contributed by atoms with Gasteiger partial charge in [-0.25, -0.2) is 0 Å². The number of ketones is 1. The van der Waals surface area contributed by atoms with Crippen molar-refractivity contribution in [2.24, 2.45) is 17.1 Å². The van der Waals surface area contributed by atoms with Gasteiger partial charge in [0.25, 0.3) is 0 Å². The second-order valence-corrected chi connectivity index (χ2v) is 8.41. The van der Waals surface area contributed by atoms with Crippen molar-refractivity contribution in [1.82, 2.24) is 15.5 Å². The summed E-state index contributed by atoms with van der Waals surface area (Å²) in [5.74, 6) is 0.638. The summed E-state index contributed by atoms with van der Waals surface area (Å²) in [5, 5.41) is 18.0. The van der Waals surface area contributed by atoms with Gasteiger partial charge < -0.3 is 16.5 Å². The van der Waals surface area contributed by atoms with E-state index in [-0.39, 0.29) is 23.7 Å². The van der Waals surface area contributed by atoms with E-state index in [0.29, 0.717) is 5.70 Å². The van der Waals surface area contributed by atoms with Gasteiger partial charge in [-0.3, -0.25) is 9.89 Å². The van der Waals surface area contributed by atoms with Crippen molar-refractivity contribution in [3.63, 3.8) is 0 Å². The first-order valence-corrected chi connectivity index (χ1v) is 10.3. The molecule has 0 amide bonds. The van der Waals surface area contributed by atoms with Crippen molar-refractivity contribution in [2.75, 3.05) is 0 Å². The molecule has 1 unspecified atom stereocenters. The van der Waals surface area contributed by atoms with E-state index < -0.39 is 5.41 Å². The SMILES string of the molecule is C=C(C1=CCC(c2cc(C)[nH]n2)C=C1)[C@@H]1CCCC[C@@]12C(=O)[C@H]2N/C(C=N)=C/N. The van der Waals surface area contributed by atoms with Crippen LogP contribution in [0.1, 0.15) is 49.4 Å². The summed E-state index contributed by atoms with van der Waals surface area (Å²) in [6.07, 6.45) is 14.0. The first-order chi connectivity index (χ1) is 14.0. The highest BCUT2D eigenvalue weighted by molar-refractivity contribution is 6.09. The molecule has 2 fully saturated rings. The number of nitrogens with two attached hydrogens (primary N) is 1. The molecule has 1 heterocycles. The molecule has 1 spiro atoms. The topological polar surface area (TPSA) is 108 Å². The minimum atomic E-state index is -0.405. The molecular weight excluding hydrogens is 362 g/mol. The van der Waals surface area contributed by atoms with Crippen molar-refractivity contribution < 1.29 is 4.79 Å². The average molecular weight is 392 g/mol. The third kappa shape index (κ3) is 3.26. The molecule has 0 aromatic carbocycles. The van der Waals surface area contributed by atoms with E-state index in [1.165, 1.54) is 6.20 Å². The Morgan fingerprint density at radius 3 is 2.93 bits per heavy atom. The third-order valence-electron chi connectivity index (χ3n) is 6.75. The van der Waals surface area contributed by atoms with Gasteiger partial charge in [-0.2, -0.15) is 5.10 Å². The minimum Gasteiger partial charge on any atom is -0.403 e. The largest absolute Gasteiger partial charge is 0.403 e. The summed E-state index contributed by atoms with van der Waals surface area (Å²) in [7, 11) is 0. The number of carbonyl (C=O) groups is 1. The molecule has 1 aromatic rings. The summed E-state index contributed by atoms with van der Waals surface area (Å²) in [4.78, 5) is 12.9. The van der Waals surface area contributed by atoms with Gasteiger partial charge in [0.15, 0.2) is 5.78 Å². The number of aryl methyl sites for hydroxylation is 1. The van der Waals surface area contributed by atoms with Crippen LogP contribution in [-0.4, -0.2) is 28.2 Å². The molecule has 5 N–H and O–H groups in total. The van der Waals surface area contributed by atoms with Gasteiger partial charge in [0.1, 0.15) is 0 Å². The number of nitrogens with zero attached hydrogens (tertiary/aromatic N) is 1. The molecule has 2 saturated carbocycles. The summed E-state index contributed by atoms with van der Waals surface area (Å²) < 4.78 is 0. The van der Waals surface area contributed by atoms with Gasteiger partial charge >= 0.3 is 0 Å². The highest BCUT2D eigenvalue weighted by atomic mass is 16.1. The Kier molecular flexibility index (Phi) is 5.03. The molecule has 0 saturated heterocycles. The average Bonchev–Trinajstić information content (AvgIpc) is 3.06. The van der Waals surface area contributed by atoms with Crippen molar-refractivity contribution >= 4 is 12.0 Å². The standard InChI is InChI=1S/C23H29N5O/c1-14-11-20(28-27-14)17-8-6-16(7-9-17)15(2)19-5-3-4-10-23(19)21(22(23)29)26-18(12-24)13-25/h6-8,11-13,17,19,21,24,26H,2-5,9-10,25H2,1H3,(H,27,28)/b18-13+,24-12?/t17?,19-,21+,23+/m0/s1. The predicted molar refractivity (Wildman–Crippen MR) is 114 cm³/mol. The Morgan fingerprint density at radius 2 is 2.31 bits per heavy atom. The molecule has 152 valence electrons. The van der Waals surface area contributed by atoms with Crippen molar-refractivity contribution in [1.29, 1.82) is 5.41 Å². The van der Waals surface area contributed by atoms with E-state index in [4.69, 9.17) is 11.1 Å². The number of rotatable bonds is 6. The van der Waals surface area contributed by atoms with Crippen molar-refractivity contribution in [3.8, 4) is 0 Å². The number of hydrogen-bond acceptors (Lipinski definition) is 5. The first kappa shape index (κ1) is 19.4. The number of aromatic amines is 1. The summed E-state index contributed by atoms with van der Waals surface area (Å²) >= 11 is 0. The zero-order chi connectivity index (χ0) is 20.6. The van der Waals surface area contributed by atoms with E-state index in [2.05, 4.69) is 46.4 Å². The van der Waals surface area contributed by atoms with Gasteiger partial charge in [-0.1, -0.05) is 37.6 Å². The van der Waals surface area contributed by atoms with Gasteiger partial charge in [-0.15, -0.1) is 0 Å². The molecule has 6 heteroatoms. The molecule has 3 aliphatic carbocycles. The summed E-state index contributed by atoms with van der Waals surface area (Å²) in [6.45, 7) is 6.43. The number of allylic oxidation sites excluding steroid dienone is 6. The highest BCUT2D eigenvalue weighted by Gasteiger charge is 2.69. The maximum Gasteiger partial charge on any atom is 0.165 e. The second-order valence-electron chi connectivity index (χ2n) is 8.41. The number of carbonyl (C=O) groups excluding carboxylic acids is 1.